The maximum Gasteiger partial charge on any atom is 0.159 e. The first-order chi connectivity index (χ1) is 8.16. The number of ether oxygens (including phenoxy) is 2. The van der Waals surface area contributed by atoms with Crippen LogP contribution in [0.25, 0.3) is 0 Å². The molecule has 1 aromatic carbocycles. The average molecular weight is 299 g/mol. The van der Waals surface area contributed by atoms with E-state index >= 15 is 0 Å². The van der Waals surface area contributed by atoms with Gasteiger partial charge in [0.25, 0.3) is 0 Å². The van der Waals surface area contributed by atoms with E-state index in [0.717, 1.165) is 36.3 Å². The van der Waals surface area contributed by atoms with Crippen LogP contribution in [0.2, 0.25) is 0 Å². The van der Waals surface area contributed by atoms with Crippen molar-refractivity contribution in [1.82, 2.24) is 0 Å². The van der Waals surface area contributed by atoms with Gasteiger partial charge in [-0.1, -0.05) is 0 Å². The van der Waals surface area contributed by atoms with Crippen LogP contribution in [-0.2, 0) is 4.74 Å². The van der Waals surface area contributed by atoms with E-state index in [1.165, 1.54) is 0 Å². The van der Waals surface area contributed by atoms with Crippen molar-refractivity contribution in [3.8, 4) is 5.75 Å². The summed E-state index contributed by atoms with van der Waals surface area (Å²) in [5.41, 5.74) is 0.691. The van der Waals surface area contributed by atoms with E-state index in [1.54, 1.807) is 19.1 Å². The molecule has 0 aromatic heterocycles. The lowest BCUT2D eigenvalue weighted by atomic mass is 10.1. The summed E-state index contributed by atoms with van der Waals surface area (Å²) in [5, 5.41) is 0. The third-order valence-electron chi connectivity index (χ3n) is 2.80. The van der Waals surface area contributed by atoms with Crippen LogP contribution in [0.4, 0.5) is 0 Å². The second-order valence-electron chi connectivity index (χ2n) is 4.13. The van der Waals surface area contributed by atoms with Gasteiger partial charge >= 0.3 is 0 Å². The van der Waals surface area contributed by atoms with Crippen LogP contribution in [-0.4, -0.2) is 25.1 Å². The van der Waals surface area contributed by atoms with Crippen LogP contribution in [0.3, 0.4) is 0 Å². The quantitative estimate of drug-likeness (QED) is 0.804. The van der Waals surface area contributed by atoms with Crippen molar-refractivity contribution in [2.45, 2.75) is 25.9 Å². The van der Waals surface area contributed by atoms with E-state index < -0.39 is 0 Å². The number of benzene rings is 1. The molecule has 1 heterocycles. The fourth-order valence-corrected chi connectivity index (χ4v) is 2.26. The molecule has 1 aromatic rings. The van der Waals surface area contributed by atoms with Crippen molar-refractivity contribution in [2.24, 2.45) is 0 Å². The monoisotopic (exact) mass is 298 g/mol. The van der Waals surface area contributed by atoms with Gasteiger partial charge in [-0.05, 0) is 41.1 Å². The molecular weight excluding hydrogens is 284 g/mol. The fraction of sp³-hybridized carbons (Fsp3) is 0.462. The molecule has 1 fully saturated rings. The van der Waals surface area contributed by atoms with E-state index in [9.17, 15) is 4.79 Å². The molecular formula is C13H15BrO3. The largest absolute Gasteiger partial charge is 0.489 e. The Balaban J connectivity index is 2.08. The predicted molar refractivity (Wildman–Crippen MR) is 68.6 cm³/mol. The van der Waals surface area contributed by atoms with Gasteiger partial charge in [0, 0.05) is 18.4 Å². The highest BCUT2D eigenvalue weighted by Gasteiger charge is 2.16. The molecule has 0 amide bonds. The summed E-state index contributed by atoms with van der Waals surface area (Å²) in [5.74, 6) is 0.852. The topological polar surface area (TPSA) is 35.5 Å². The maximum atomic E-state index is 11.2. The lowest BCUT2D eigenvalue weighted by Gasteiger charge is -2.23. The summed E-state index contributed by atoms with van der Waals surface area (Å²) in [6.07, 6.45) is 2.05. The van der Waals surface area contributed by atoms with Gasteiger partial charge in [0.2, 0.25) is 0 Å². The van der Waals surface area contributed by atoms with Crippen molar-refractivity contribution >= 4 is 21.7 Å². The normalized spacial score (nSPS) is 16.8. The van der Waals surface area contributed by atoms with Gasteiger partial charge < -0.3 is 9.47 Å². The molecule has 3 nitrogen and oxygen atoms in total. The lowest BCUT2D eigenvalue weighted by Crippen LogP contribution is -2.26. The van der Waals surface area contributed by atoms with Gasteiger partial charge in [-0.15, -0.1) is 0 Å². The molecule has 92 valence electrons. The Morgan fingerprint density at radius 1 is 1.41 bits per heavy atom. The highest BCUT2D eigenvalue weighted by atomic mass is 79.9. The van der Waals surface area contributed by atoms with Gasteiger partial charge in [0.1, 0.15) is 11.9 Å². The van der Waals surface area contributed by atoms with Gasteiger partial charge in [-0.25, -0.2) is 0 Å². The van der Waals surface area contributed by atoms with Crippen LogP contribution in [0.15, 0.2) is 22.7 Å². The number of carbonyl (C=O) groups is 1. The highest BCUT2D eigenvalue weighted by molar-refractivity contribution is 9.10. The highest BCUT2D eigenvalue weighted by Crippen LogP contribution is 2.28. The Labute approximate surface area is 109 Å². The number of Topliss-reactive ketones (excluding diaryl/α,β-unsaturated/α-hetero) is 1. The Bertz CT molecular complexity index is 411. The first-order valence-electron chi connectivity index (χ1n) is 5.71. The third kappa shape index (κ3) is 3.30. The Hall–Kier alpha value is -0.870. The number of halogens is 1. The summed E-state index contributed by atoms with van der Waals surface area (Å²) in [6.45, 7) is 3.07. The zero-order chi connectivity index (χ0) is 12.3. The minimum absolute atomic E-state index is 0.0586. The van der Waals surface area contributed by atoms with Crippen LogP contribution in [0, 0.1) is 0 Å². The molecule has 2 rings (SSSR count). The summed E-state index contributed by atoms with van der Waals surface area (Å²) >= 11 is 3.43. The van der Waals surface area contributed by atoms with Gasteiger partial charge in [0.15, 0.2) is 5.78 Å². The van der Waals surface area contributed by atoms with Gasteiger partial charge in [-0.2, -0.15) is 0 Å². The Kier molecular flexibility index (Phi) is 4.18. The molecule has 0 N–H and O–H groups in total. The molecule has 1 aliphatic heterocycles. The number of hydrogen-bond donors (Lipinski definition) is 0. The number of hydrogen-bond acceptors (Lipinski definition) is 3. The van der Waals surface area contributed by atoms with Crippen molar-refractivity contribution in [3.63, 3.8) is 0 Å². The molecule has 17 heavy (non-hydrogen) atoms. The minimum Gasteiger partial charge on any atom is -0.489 e. The second kappa shape index (κ2) is 5.65. The molecule has 0 saturated carbocycles. The second-order valence-corrected chi connectivity index (χ2v) is 4.99. The first kappa shape index (κ1) is 12.6. The zero-order valence-electron chi connectivity index (χ0n) is 9.74. The molecule has 1 saturated heterocycles. The fourth-order valence-electron chi connectivity index (χ4n) is 1.79. The van der Waals surface area contributed by atoms with Crippen LogP contribution < -0.4 is 4.74 Å². The van der Waals surface area contributed by atoms with E-state index in [1.807, 2.05) is 6.07 Å². The number of carbonyl (C=O) groups excluding carboxylic acids is 1. The lowest BCUT2D eigenvalue weighted by molar-refractivity contribution is 0.0253. The first-order valence-corrected chi connectivity index (χ1v) is 6.51. The summed E-state index contributed by atoms with van der Waals surface area (Å²) in [7, 11) is 0. The Morgan fingerprint density at radius 3 is 2.71 bits per heavy atom. The molecule has 0 atom stereocenters. The van der Waals surface area contributed by atoms with Gasteiger partial charge in [0.05, 0.1) is 17.7 Å². The Morgan fingerprint density at radius 2 is 2.12 bits per heavy atom. The smallest absolute Gasteiger partial charge is 0.159 e. The predicted octanol–water partition coefficient (Wildman–Crippen LogP) is 3.21. The minimum atomic E-state index is 0.0586. The van der Waals surface area contributed by atoms with Crippen molar-refractivity contribution < 1.29 is 14.3 Å². The third-order valence-corrected chi connectivity index (χ3v) is 3.42. The number of ketones is 1. The van der Waals surface area contributed by atoms with Crippen molar-refractivity contribution in [1.29, 1.82) is 0 Å². The average Bonchev–Trinajstić information content (AvgIpc) is 2.33. The molecule has 0 spiro atoms. The summed E-state index contributed by atoms with van der Waals surface area (Å²) < 4.78 is 12.0. The van der Waals surface area contributed by atoms with Crippen molar-refractivity contribution in [2.75, 3.05) is 13.2 Å². The maximum absolute atomic E-state index is 11.2. The molecule has 0 bridgehead atoms. The van der Waals surface area contributed by atoms with Crippen LogP contribution in [0.1, 0.15) is 30.1 Å². The van der Waals surface area contributed by atoms with E-state index in [-0.39, 0.29) is 11.9 Å². The van der Waals surface area contributed by atoms with Gasteiger partial charge in [-0.3, -0.25) is 4.79 Å². The molecule has 1 aliphatic rings. The molecule has 0 radical (unpaired) electrons. The van der Waals surface area contributed by atoms with Crippen LogP contribution in [0.5, 0.6) is 5.75 Å². The summed E-state index contributed by atoms with van der Waals surface area (Å²) in [4.78, 5) is 11.2. The van der Waals surface area contributed by atoms with Crippen LogP contribution >= 0.6 is 15.9 Å². The standard InChI is InChI=1S/C13H15BrO3/c1-9(15)10-2-3-13(12(14)8-10)17-11-4-6-16-7-5-11/h2-3,8,11H,4-7H2,1H3. The van der Waals surface area contributed by atoms with E-state index in [2.05, 4.69) is 15.9 Å². The zero-order valence-corrected chi connectivity index (χ0v) is 11.3. The summed E-state index contributed by atoms with van der Waals surface area (Å²) in [6, 6.07) is 5.44. The SMILES string of the molecule is CC(=O)c1ccc(OC2CCOCC2)c(Br)c1. The molecule has 0 unspecified atom stereocenters. The molecule has 0 aliphatic carbocycles. The number of rotatable bonds is 3. The van der Waals surface area contributed by atoms with E-state index in [4.69, 9.17) is 9.47 Å². The van der Waals surface area contributed by atoms with E-state index in [0.29, 0.717) is 5.56 Å². The molecule has 4 heteroatoms. The van der Waals surface area contributed by atoms with Crippen molar-refractivity contribution in [3.05, 3.63) is 28.2 Å².